The predicted octanol–water partition coefficient (Wildman–Crippen LogP) is 2.65. The number of hydrogen-bond donors (Lipinski definition) is 0. The van der Waals surface area contributed by atoms with E-state index in [1.165, 1.54) is 16.0 Å². The van der Waals surface area contributed by atoms with Crippen LogP contribution < -0.4 is 10.4 Å². The molecule has 1 aromatic heterocycles. The molecule has 0 spiro atoms. The third kappa shape index (κ3) is 4.11. The van der Waals surface area contributed by atoms with Gasteiger partial charge in [0.1, 0.15) is 0 Å². The number of nitrogens with zero attached hydrogens (tertiary/aromatic N) is 1. The fraction of sp³-hybridized carbons (Fsp3) is 0.357. The number of aromatic nitrogens is 1. The summed E-state index contributed by atoms with van der Waals surface area (Å²) in [6.07, 6.45) is 9.97. The number of hydrogen-bond acceptors (Lipinski definition) is 1. The van der Waals surface area contributed by atoms with E-state index < -0.39 is 0 Å². The van der Waals surface area contributed by atoms with Gasteiger partial charge in [0.2, 0.25) is 0 Å². The first kappa shape index (κ1) is 13.6. The van der Waals surface area contributed by atoms with Crippen molar-refractivity contribution in [2.75, 3.05) is 0 Å². The third-order valence-corrected chi connectivity index (χ3v) is 2.01. The lowest BCUT2D eigenvalue weighted by molar-refractivity contribution is 1.26. The molecule has 0 saturated heterocycles. The second kappa shape index (κ2) is 7.98. The summed E-state index contributed by atoms with van der Waals surface area (Å²) in [4.78, 5) is 4.12. The molecule has 15 heavy (non-hydrogen) atoms. The molecule has 1 heterocycles. The van der Waals surface area contributed by atoms with Crippen molar-refractivity contribution in [2.24, 2.45) is 0 Å². The highest BCUT2D eigenvalue weighted by Gasteiger charge is 1.87. The molecule has 1 heteroatoms. The zero-order chi connectivity index (χ0) is 11.7. The Bertz CT molecular complexity index is 413. The molecule has 0 aromatic carbocycles. The smallest absolute Gasteiger partial charge is 0.0348 e. The van der Waals surface area contributed by atoms with Crippen LogP contribution in [-0.4, -0.2) is 4.98 Å². The summed E-state index contributed by atoms with van der Waals surface area (Å²) in [5.41, 5.74) is 1.25. The van der Waals surface area contributed by atoms with Crippen LogP contribution >= 0.6 is 0 Å². The first-order valence-corrected chi connectivity index (χ1v) is 5.49. The second-order valence-electron chi connectivity index (χ2n) is 2.93. The van der Waals surface area contributed by atoms with Gasteiger partial charge in [0.25, 0.3) is 0 Å². The van der Waals surface area contributed by atoms with Crippen molar-refractivity contribution < 1.29 is 0 Å². The van der Waals surface area contributed by atoms with Crippen LogP contribution in [0.15, 0.2) is 30.6 Å². The van der Waals surface area contributed by atoms with E-state index in [4.69, 9.17) is 0 Å². The Morgan fingerprint density at radius 3 is 2.47 bits per heavy atom. The maximum Gasteiger partial charge on any atom is 0.0348 e. The van der Waals surface area contributed by atoms with Crippen molar-refractivity contribution in [1.29, 1.82) is 0 Å². The molecule has 0 aliphatic heterocycles. The highest BCUT2D eigenvalue weighted by molar-refractivity contribution is 5.54. The molecule has 0 bridgehead atoms. The van der Waals surface area contributed by atoms with Crippen LogP contribution in [0.5, 0.6) is 0 Å². The van der Waals surface area contributed by atoms with Crippen molar-refractivity contribution in [1.82, 2.24) is 4.98 Å². The fourth-order valence-corrected chi connectivity index (χ4v) is 1.33. The standard InChI is InChI=1S/C12H15N.C2H6/c1-4-6-10(3)12-9-13-8-7-11(12)5-2;1-2/h4-9H,1-3H3;1-2H3/b6-4-,11-5-,12-10-;. The molecule has 1 aromatic rings. The van der Waals surface area contributed by atoms with Gasteiger partial charge in [0.05, 0.1) is 0 Å². The van der Waals surface area contributed by atoms with Crippen molar-refractivity contribution in [3.8, 4) is 0 Å². The van der Waals surface area contributed by atoms with E-state index in [0.29, 0.717) is 0 Å². The van der Waals surface area contributed by atoms with Gasteiger partial charge in [-0.25, -0.2) is 0 Å². The summed E-state index contributed by atoms with van der Waals surface area (Å²) < 4.78 is 0. The first-order chi connectivity index (χ1) is 7.29. The van der Waals surface area contributed by atoms with Gasteiger partial charge in [-0.2, -0.15) is 0 Å². The minimum Gasteiger partial charge on any atom is -0.264 e. The molecule has 0 saturated carbocycles. The predicted molar refractivity (Wildman–Crippen MR) is 68.9 cm³/mol. The molecule has 1 nitrogen and oxygen atoms in total. The van der Waals surface area contributed by atoms with Gasteiger partial charge < -0.3 is 0 Å². The average Bonchev–Trinajstić information content (AvgIpc) is 2.32. The van der Waals surface area contributed by atoms with Crippen molar-refractivity contribution in [3.05, 3.63) is 41.0 Å². The highest BCUT2D eigenvalue weighted by atomic mass is 14.6. The summed E-state index contributed by atoms with van der Waals surface area (Å²) in [7, 11) is 0. The molecule has 82 valence electrons. The summed E-state index contributed by atoms with van der Waals surface area (Å²) in [6, 6.07) is 2.03. The van der Waals surface area contributed by atoms with E-state index in [0.717, 1.165) is 0 Å². The largest absolute Gasteiger partial charge is 0.264 e. The van der Waals surface area contributed by atoms with Crippen LogP contribution in [0.4, 0.5) is 0 Å². The Kier molecular flexibility index (Phi) is 7.25. The first-order valence-electron chi connectivity index (χ1n) is 5.49. The van der Waals surface area contributed by atoms with Gasteiger partial charge in [-0.1, -0.05) is 32.1 Å². The Labute approximate surface area is 92.9 Å². The molecule has 0 fully saturated rings. The van der Waals surface area contributed by atoms with Gasteiger partial charge in [0.15, 0.2) is 0 Å². The number of pyridine rings is 1. The lowest BCUT2D eigenvalue weighted by Crippen LogP contribution is -2.25. The van der Waals surface area contributed by atoms with Crippen LogP contribution in [0.25, 0.3) is 11.6 Å². The molecule has 1 rings (SSSR count). The minimum atomic E-state index is 1.21. The fourth-order valence-electron chi connectivity index (χ4n) is 1.33. The molecule has 0 atom stereocenters. The number of allylic oxidation sites excluding steroid dienone is 2. The van der Waals surface area contributed by atoms with E-state index in [1.807, 2.05) is 52.2 Å². The molecule has 0 aliphatic carbocycles. The van der Waals surface area contributed by atoms with Crippen molar-refractivity contribution in [2.45, 2.75) is 34.6 Å². The van der Waals surface area contributed by atoms with E-state index in [9.17, 15) is 0 Å². The lowest BCUT2D eigenvalue weighted by Gasteiger charge is -1.93. The van der Waals surface area contributed by atoms with Crippen LogP contribution in [0, 0.1) is 0 Å². The van der Waals surface area contributed by atoms with Crippen molar-refractivity contribution >= 4 is 11.6 Å². The lowest BCUT2D eigenvalue weighted by atomic mass is 10.2. The zero-order valence-electron chi connectivity index (χ0n) is 10.4. The summed E-state index contributed by atoms with van der Waals surface area (Å²) in [5, 5.41) is 2.45. The Morgan fingerprint density at radius 2 is 1.93 bits per heavy atom. The SMILES string of the molecule is CC.C\C=C/C(C)=c1/cncc/c1=C/C. The Balaban J connectivity index is 0.000000921. The molecule has 0 N–H and O–H groups in total. The van der Waals surface area contributed by atoms with Crippen LogP contribution in [0.2, 0.25) is 0 Å². The van der Waals surface area contributed by atoms with Crippen molar-refractivity contribution in [3.63, 3.8) is 0 Å². The van der Waals surface area contributed by atoms with E-state index in [2.05, 4.69) is 24.1 Å². The molecular formula is C14H21N. The van der Waals surface area contributed by atoms with Crippen LogP contribution in [0.1, 0.15) is 34.6 Å². The third-order valence-electron chi connectivity index (χ3n) is 2.01. The van der Waals surface area contributed by atoms with Crippen LogP contribution in [-0.2, 0) is 0 Å². The average molecular weight is 203 g/mol. The topological polar surface area (TPSA) is 12.9 Å². The molecular weight excluding hydrogens is 182 g/mol. The molecule has 0 unspecified atom stereocenters. The van der Waals surface area contributed by atoms with Crippen LogP contribution in [0.3, 0.4) is 0 Å². The molecule has 0 radical (unpaired) electrons. The molecule has 0 aliphatic rings. The summed E-state index contributed by atoms with van der Waals surface area (Å²) in [6.45, 7) is 10.2. The van der Waals surface area contributed by atoms with E-state index in [1.54, 1.807) is 0 Å². The van der Waals surface area contributed by atoms with E-state index >= 15 is 0 Å². The summed E-state index contributed by atoms with van der Waals surface area (Å²) in [5.74, 6) is 0. The minimum absolute atomic E-state index is 1.21. The maximum atomic E-state index is 4.12. The van der Waals surface area contributed by atoms with Gasteiger partial charge in [-0.3, -0.25) is 4.98 Å². The van der Waals surface area contributed by atoms with Gasteiger partial charge >= 0.3 is 0 Å². The normalized spacial score (nSPS) is 13.5. The molecule has 0 amide bonds. The second-order valence-corrected chi connectivity index (χ2v) is 2.93. The quantitative estimate of drug-likeness (QED) is 0.684. The Morgan fingerprint density at radius 1 is 1.27 bits per heavy atom. The Hall–Kier alpha value is -1.37. The zero-order valence-corrected chi connectivity index (χ0v) is 10.4. The maximum absolute atomic E-state index is 4.12. The monoisotopic (exact) mass is 203 g/mol. The number of rotatable bonds is 1. The van der Waals surface area contributed by atoms with Gasteiger partial charge in [0, 0.05) is 17.6 Å². The van der Waals surface area contributed by atoms with E-state index in [-0.39, 0.29) is 0 Å². The van der Waals surface area contributed by atoms with Gasteiger partial charge in [-0.05, 0) is 37.6 Å². The van der Waals surface area contributed by atoms with Gasteiger partial charge in [-0.15, -0.1) is 0 Å². The summed E-state index contributed by atoms with van der Waals surface area (Å²) >= 11 is 0. The highest BCUT2D eigenvalue weighted by Crippen LogP contribution is 1.89.